The minimum absolute atomic E-state index is 0.175. The summed E-state index contributed by atoms with van der Waals surface area (Å²) in [6.07, 6.45) is -5.00. The molecule has 2 aromatic rings. The lowest BCUT2D eigenvalue weighted by Crippen LogP contribution is -2.19. The molecule has 1 N–H and O–H groups in total. The van der Waals surface area contributed by atoms with E-state index in [1.165, 1.54) is 37.3 Å². The van der Waals surface area contributed by atoms with Gasteiger partial charge in [-0.05, 0) is 31.2 Å². The highest BCUT2D eigenvalue weighted by molar-refractivity contribution is 6.12. The SMILES string of the molecule is CCOC(=O)c1cc(C(=O)c2ccccc2O)cc(C#N)c1C(F)(F)F. The number of phenolic OH excluding ortho intramolecular Hbond substituents is 1. The summed E-state index contributed by atoms with van der Waals surface area (Å²) in [6.45, 7) is 1.23. The van der Waals surface area contributed by atoms with Gasteiger partial charge in [0.05, 0.1) is 34.9 Å². The summed E-state index contributed by atoms with van der Waals surface area (Å²) in [7, 11) is 0. The lowest BCUT2D eigenvalue weighted by molar-refractivity contribution is -0.138. The maximum Gasteiger partial charge on any atom is 0.418 e. The Bertz CT molecular complexity index is 914. The minimum Gasteiger partial charge on any atom is -0.507 e. The van der Waals surface area contributed by atoms with E-state index in [1.54, 1.807) is 0 Å². The molecule has 0 saturated heterocycles. The van der Waals surface area contributed by atoms with Gasteiger partial charge in [-0.3, -0.25) is 4.79 Å². The van der Waals surface area contributed by atoms with Crippen LogP contribution in [0.4, 0.5) is 13.2 Å². The third-order valence-electron chi connectivity index (χ3n) is 3.45. The molecular formula is C18H12F3NO4. The van der Waals surface area contributed by atoms with E-state index in [9.17, 15) is 27.9 Å². The van der Waals surface area contributed by atoms with Gasteiger partial charge in [0.25, 0.3) is 0 Å². The molecule has 0 aliphatic carbocycles. The molecule has 0 spiro atoms. The van der Waals surface area contributed by atoms with E-state index in [4.69, 9.17) is 5.26 Å². The number of nitrogens with zero attached hydrogens (tertiary/aromatic N) is 1. The Hall–Kier alpha value is -3.34. The first-order chi connectivity index (χ1) is 12.2. The number of carbonyl (C=O) groups excluding carboxylic acids is 2. The van der Waals surface area contributed by atoms with Gasteiger partial charge in [-0.25, -0.2) is 4.79 Å². The van der Waals surface area contributed by atoms with Gasteiger partial charge in [0.1, 0.15) is 5.75 Å². The molecule has 8 heteroatoms. The number of benzene rings is 2. The number of rotatable bonds is 4. The van der Waals surface area contributed by atoms with Crippen LogP contribution in [0.25, 0.3) is 0 Å². The number of para-hydroxylation sites is 1. The van der Waals surface area contributed by atoms with Crippen LogP contribution in [0, 0.1) is 11.3 Å². The highest BCUT2D eigenvalue weighted by atomic mass is 19.4. The standard InChI is InChI=1S/C18H12F3NO4/c1-2-26-17(25)13-8-10(7-11(9-22)15(13)18(19,20)21)16(24)12-5-3-4-6-14(12)23/h3-8,23H,2H2,1H3. The maximum absolute atomic E-state index is 13.3. The largest absolute Gasteiger partial charge is 0.507 e. The van der Waals surface area contributed by atoms with E-state index >= 15 is 0 Å². The Balaban J connectivity index is 2.72. The van der Waals surface area contributed by atoms with Gasteiger partial charge in [-0.1, -0.05) is 12.1 Å². The van der Waals surface area contributed by atoms with Crippen LogP contribution >= 0.6 is 0 Å². The van der Waals surface area contributed by atoms with Crippen LogP contribution in [0.3, 0.4) is 0 Å². The second-order valence-electron chi connectivity index (χ2n) is 5.12. The Labute approximate surface area is 146 Å². The lowest BCUT2D eigenvalue weighted by atomic mass is 9.93. The first kappa shape index (κ1) is 19.0. The molecule has 0 heterocycles. The first-order valence-electron chi connectivity index (χ1n) is 7.35. The van der Waals surface area contributed by atoms with Crippen LogP contribution in [0.15, 0.2) is 36.4 Å². The number of halogens is 3. The predicted molar refractivity (Wildman–Crippen MR) is 83.7 cm³/mol. The molecular weight excluding hydrogens is 351 g/mol. The first-order valence-corrected chi connectivity index (χ1v) is 7.35. The van der Waals surface area contributed by atoms with Crippen molar-refractivity contribution in [2.24, 2.45) is 0 Å². The monoisotopic (exact) mass is 363 g/mol. The number of ether oxygens (including phenoxy) is 1. The van der Waals surface area contributed by atoms with Crippen molar-refractivity contribution in [1.82, 2.24) is 0 Å². The molecule has 26 heavy (non-hydrogen) atoms. The molecule has 0 fully saturated rings. The van der Waals surface area contributed by atoms with Crippen LogP contribution in [0.2, 0.25) is 0 Å². The van der Waals surface area contributed by atoms with Gasteiger partial charge in [-0.2, -0.15) is 18.4 Å². The van der Waals surface area contributed by atoms with Crippen molar-refractivity contribution in [2.75, 3.05) is 6.61 Å². The second-order valence-corrected chi connectivity index (χ2v) is 5.12. The van der Waals surface area contributed by atoms with Gasteiger partial charge in [0.15, 0.2) is 5.78 Å². The van der Waals surface area contributed by atoms with E-state index in [0.29, 0.717) is 0 Å². The zero-order valence-electron chi connectivity index (χ0n) is 13.4. The highest BCUT2D eigenvalue weighted by Gasteiger charge is 2.39. The van der Waals surface area contributed by atoms with Crippen molar-refractivity contribution < 1.29 is 32.6 Å². The number of nitriles is 1. The highest BCUT2D eigenvalue weighted by Crippen LogP contribution is 2.36. The van der Waals surface area contributed by atoms with Crippen LogP contribution in [0.5, 0.6) is 5.75 Å². The van der Waals surface area contributed by atoms with E-state index in [2.05, 4.69) is 4.74 Å². The Morgan fingerprint density at radius 3 is 2.38 bits per heavy atom. The summed E-state index contributed by atoms with van der Waals surface area (Å²) in [5, 5.41) is 18.8. The average Bonchev–Trinajstić information content (AvgIpc) is 2.59. The molecule has 0 aliphatic rings. The molecule has 0 saturated carbocycles. The normalized spacial score (nSPS) is 10.9. The van der Waals surface area contributed by atoms with Crippen LogP contribution in [0.1, 0.15) is 44.3 Å². The van der Waals surface area contributed by atoms with Crippen LogP contribution in [-0.2, 0) is 10.9 Å². The summed E-state index contributed by atoms with van der Waals surface area (Å²) in [4.78, 5) is 24.5. The Morgan fingerprint density at radius 2 is 1.85 bits per heavy atom. The third-order valence-corrected chi connectivity index (χ3v) is 3.45. The smallest absolute Gasteiger partial charge is 0.418 e. The molecule has 2 aromatic carbocycles. The van der Waals surface area contributed by atoms with Crippen molar-refractivity contribution in [2.45, 2.75) is 13.1 Å². The fraction of sp³-hybridized carbons (Fsp3) is 0.167. The quantitative estimate of drug-likeness (QED) is 0.661. The molecule has 0 unspecified atom stereocenters. The summed E-state index contributed by atoms with van der Waals surface area (Å²) in [6, 6.07) is 8.23. The minimum atomic E-state index is -5.00. The van der Waals surface area contributed by atoms with Gasteiger partial charge in [0.2, 0.25) is 0 Å². The van der Waals surface area contributed by atoms with Gasteiger partial charge in [-0.15, -0.1) is 0 Å². The fourth-order valence-electron chi connectivity index (χ4n) is 2.36. The number of ketones is 1. The zero-order chi connectivity index (χ0) is 19.5. The third kappa shape index (κ3) is 3.67. The number of hydrogen-bond donors (Lipinski definition) is 1. The Kier molecular flexibility index (Phi) is 5.31. The average molecular weight is 363 g/mol. The van der Waals surface area contributed by atoms with E-state index in [-0.39, 0.29) is 23.5 Å². The molecule has 0 aliphatic heterocycles. The molecule has 0 amide bonds. The number of phenols is 1. The molecule has 5 nitrogen and oxygen atoms in total. The van der Waals surface area contributed by atoms with Gasteiger partial charge in [0, 0.05) is 5.56 Å². The van der Waals surface area contributed by atoms with Crippen molar-refractivity contribution in [3.63, 3.8) is 0 Å². The van der Waals surface area contributed by atoms with Crippen molar-refractivity contribution in [3.8, 4) is 11.8 Å². The fourth-order valence-corrected chi connectivity index (χ4v) is 2.36. The molecule has 0 aromatic heterocycles. The van der Waals surface area contributed by atoms with Crippen LogP contribution < -0.4 is 0 Å². The topological polar surface area (TPSA) is 87.4 Å². The molecule has 2 rings (SSSR count). The predicted octanol–water partition coefficient (Wildman–Crippen LogP) is 3.69. The van der Waals surface area contributed by atoms with Crippen molar-refractivity contribution in [1.29, 1.82) is 5.26 Å². The number of carbonyl (C=O) groups is 2. The summed E-state index contributed by atoms with van der Waals surface area (Å²) < 4.78 is 44.6. The maximum atomic E-state index is 13.3. The van der Waals surface area contributed by atoms with E-state index < -0.39 is 34.6 Å². The Morgan fingerprint density at radius 1 is 1.19 bits per heavy atom. The molecule has 0 radical (unpaired) electrons. The lowest BCUT2D eigenvalue weighted by Gasteiger charge is -2.15. The van der Waals surface area contributed by atoms with E-state index in [0.717, 1.165) is 12.1 Å². The second kappa shape index (κ2) is 7.27. The van der Waals surface area contributed by atoms with E-state index in [1.807, 2.05) is 0 Å². The number of hydrogen-bond acceptors (Lipinski definition) is 5. The number of esters is 1. The van der Waals surface area contributed by atoms with Crippen molar-refractivity contribution in [3.05, 3.63) is 64.2 Å². The van der Waals surface area contributed by atoms with Crippen molar-refractivity contribution >= 4 is 11.8 Å². The number of alkyl halides is 3. The number of aromatic hydroxyl groups is 1. The molecule has 0 atom stereocenters. The summed E-state index contributed by atoms with van der Waals surface area (Å²) >= 11 is 0. The zero-order valence-corrected chi connectivity index (χ0v) is 13.4. The van der Waals surface area contributed by atoms with Gasteiger partial charge < -0.3 is 9.84 Å². The molecule has 0 bridgehead atoms. The van der Waals surface area contributed by atoms with Crippen LogP contribution in [-0.4, -0.2) is 23.5 Å². The summed E-state index contributed by atoms with van der Waals surface area (Å²) in [5.74, 6) is -2.52. The van der Waals surface area contributed by atoms with Gasteiger partial charge >= 0.3 is 12.1 Å². The summed E-state index contributed by atoms with van der Waals surface area (Å²) in [5.41, 5.74) is -3.81. The molecule has 134 valence electrons.